The highest BCUT2D eigenvalue weighted by atomic mass is 16.2. The summed E-state index contributed by atoms with van der Waals surface area (Å²) >= 11 is 0. The van der Waals surface area contributed by atoms with Crippen molar-refractivity contribution in [2.45, 2.75) is 45.6 Å². The van der Waals surface area contributed by atoms with Crippen LogP contribution >= 0.6 is 0 Å². The maximum atomic E-state index is 12.7. The Hall–Kier alpha value is -1.92. The molecular weight excluding hydrogens is 352 g/mol. The monoisotopic (exact) mass is 386 g/mol. The highest BCUT2D eigenvalue weighted by Crippen LogP contribution is 2.16. The minimum absolute atomic E-state index is 0.0341. The van der Waals surface area contributed by atoms with Crippen molar-refractivity contribution in [3.63, 3.8) is 0 Å². The maximum absolute atomic E-state index is 12.7. The van der Waals surface area contributed by atoms with Gasteiger partial charge >= 0.3 is 0 Å². The molecule has 2 saturated heterocycles. The number of carbonyl (C=O) groups excluding carboxylic acids is 2. The lowest BCUT2D eigenvalue weighted by Crippen LogP contribution is -2.55. The SMILES string of the molecule is CCc1ccccc1NC(=O)CN1CCN(C(C)C(=O)N2CCCCC2)CC1. The van der Waals surface area contributed by atoms with Crippen molar-refractivity contribution < 1.29 is 9.59 Å². The summed E-state index contributed by atoms with van der Waals surface area (Å²) in [7, 11) is 0. The predicted molar refractivity (Wildman–Crippen MR) is 112 cm³/mol. The van der Waals surface area contributed by atoms with E-state index < -0.39 is 0 Å². The summed E-state index contributed by atoms with van der Waals surface area (Å²) in [4.78, 5) is 31.6. The molecule has 2 aliphatic rings. The molecule has 2 aliphatic heterocycles. The Morgan fingerprint density at radius 2 is 1.68 bits per heavy atom. The Labute approximate surface area is 168 Å². The zero-order chi connectivity index (χ0) is 19.9. The average Bonchev–Trinajstić information content (AvgIpc) is 2.74. The molecule has 3 rings (SSSR count). The lowest BCUT2D eigenvalue weighted by atomic mass is 10.1. The molecule has 1 atom stereocenters. The molecule has 0 radical (unpaired) electrons. The molecule has 2 amide bonds. The number of rotatable bonds is 6. The normalized spacial score (nSPS) is 20.0. The van der Waals surface area contributed by atoms with Gasteiger partial charge in [-0.3, -0.25) is 19.4 Å². The Bertz CT molecular complexity index is 664. The van der Waals surface area contributed by atoms with Crippen molar-refractivity contribution in [1.29, 1.82) is 0 Å². The molecule has 1 N–H and O–H groups in total. The molecule has 1 aromatic rings. The quantitative estimate of drug-likeness (QED) is 0.814. The van der Waals surface area contributed by atoms with Crippen LogP contribution in [0.5, 0.6) is 0 Å². The molecular formula is C22H34N4O2. The van der Waals surface area contributed by atoms with Crippen LogP contribution in [0, 0.1) is 0 Å². The molecule has 0 aliphatic carbocycles. The second-order valence-corrected chi connectivity index (χ2v) is 7.93. The van der Waals surface area contributed by atoms with Crippen molar-refractivity contribution in [3.8, 4) is 0 Å². The van der Waals surface area contributed by atoms with E-state index >= 15 is 0 Å². The molecule has 6 nitrogen and oxygen atoms in total. The van der Waals surface area contributed by atoms with E-state index in [-0.39, 0.29) is 17.9 Å². The summed E-state index contributed by atoms with van der Waals surface area (Å²) < 4.78 is 0. The summed E-state index contributed by atoms with van der Waals surface area (Å²) in [6.07, 6.45) is 4.39. The maximum Gasteiger partial charge on any atom is 0.239 e. The van der Waals surface area contributed by atoms with Crippen LogP contribution in [0.25, 0.3) is 0 Å². The number of aryl methyl sites for hydroxylation is 1. The third kappa shape index (κ3) is 5.32. The van der Waals surface area contributed by atoms with Crippen LogP contribution in [-0.4, -0.2) is 78.4 Å². The molecule has 0 bridgehead atoms. The molecule has 2 fully saturated rings. The van der Waals surface area contributed by atoms with Gasteiger partial charge < -0.3 is 10.2 Å². The van der Waals surface area contributed by atoms with E-state index in [2.05, 4.69) is 28.1 Å². The summed E-state index contributed by atoms with van der Waals surface area (Å²) in [5.74, 6) is 0.300. The fourth-order valence-corrected chi connectivity index (χ4v) is 4.19. The van der Waals surface area contributed by atoms with E-state index in [0.29, 0.717) is 6.54 Å². The summed E-state index contributed by atoms with van der Waals surface area (Å²) in [6.45, 7) is 9.64. The summed E-state index contributed by atoms with van der Waals surface area (Å²) in [6, 6.07) is 7.90. The number of anilines is 1. The first-order valence-electron chi connectivity index (χ1n) is 10.7. The first-order chi connectivity index (χ1) is 13.6. The topological polar surface area (TPSA) is 55.9 Å². The van der Waals surface area contributed by atoms with Gasteiger partial charge in [0, 0.05) is 45.0 Å². The minimum atomic E-state index is -0.0643. The first-order valence-corrected chi connectivity index (χ1v) is 10.7. The van der Waals surface area contributed by atoms with Gasteiger partial charge in [0.25, 0.3) is 0 Å². The number of piperidine rings is 1. The lowest BCUT2D eigenvalue weighted by molar-refractivity contribution is -0.138. The number of likely N-dealkylation sites (tertiary alicyclic amines) is 1. The average molecular weight is 387 g/mol. The van der Waals surface area contributed by atoms with Gasteiger partial charge in [-0.05, 0) is 44.2 Å². The fourth-order valence-electron chi connectivity index (χ4n) is 4.19. The summed E-state index contributed by atoms with van der Waals surface area (Å²) in [5.41, 5.74) is 2.07. The molecule has 2 heterocycles. The predicted octanol–water partition coefficient (Wildman–Crippen LogP) is 2.21. The number of hydrogen-bond donors (Lipinski definition) is 1. The van der Waals surface area contributed by atoms with Crippen molar-refractivity contribution in [2.75, 3.05) is 51.1 Å². The molecule has 154 valence electrons. The van der Waals surface area contributed by atoms with Gasteiger partial charge in [-0.2, -0.15) is 0 Å². The fraction of sp³-hybridized carbons (Fsp3) is 0.636. The van der Waals surface area contributed by atoms with E-state index in [1.165, 1.54) is 6.42 Å². The van der Waals surface area contributed by atoms with E-state index in [1.807, 2.05) is 30.0 Å². The molecule has 1 unspecified atom stereocenters. The second kappa shape index (κ2) is 10.0. The highest BCUT2D eigenvalue weighted by Gasteiger charge is 2.29. The van der Waals surface area contributed by atoms with Gasteiger partial charge in [0.2, 0.25) is 11.8 Å². The largest absolute Gasteiger partial charge is 0.341 e. The van der Waals surface area contributed by atoms with Gasteiger partial charge in [0.15, 0.2) is 0 Å². The van der Waals surface area contributed by atoms with Gasteiger partial charge in [-0.25, -0.2) is 0 Å². The van der Waals surface area contributed by atoms with Gasteiger partial charge in [0.1, 0.15) is 0 Å². The van der Waals surface area contributed by atoms with Crippen LogP contribution in [0.2, 0.25) is 0 Å². The van der Waals surface area contributed by atoms with E-state index in [0.717, 1.165) is 69.8 Å². The van der Waals surface area contributed by atoms with Crippen LogP contribution in [0.1, 0.15) is 38.7 Å². The summed E-state index contributed by atoms with van der Waals surface area (Å²) in [5, 5.41) is 3.05. The molecule has 6 heteroatoms. The standard InChI is InChI=1S/C22H34N4O2/c1-3-19-9-5-6-10-20(19)23-21(27)17-24-13-15-25(16-14-24)18(2)22(28)26-11-7-4-8-12-26/h5-6,9-10,18H,3-4,7-8,11-17H2,1-2H3,(H,23,27). The number of para-hydroxylation sites is 1. The molecule has 0 saturated carbocycles. The van der Waals surface area contributed by atoms with E-state index in [1.54, 1.807) is 0 Å². The highest BCUT2D eigenvalue weighted by molar-refractivity contribution is 5.93. The van der Waals surface area contributed by atoms with Crippen molar-refractivity contribution in [2.24, 2.45) is 0 Å². The van der Waals surface area contributed by atoms with Crippen molar-refractivity contribution in [1.82, 2.24) is 14.7 Å². The number of carbonyl (C=O) groups is 2. The zero-order valence-corrected chi connectivity index (χ0v) is 17.3. The van der Waals surface area contributed by atoms with Crippen LogP contribution < -0.4 is 5.32 Å². The molecule has 0 aromatic heterocycles. The Morgan fingerprint density at radius 1 is 1.00 bits per heavy atom. The number of nitrogens with zero attached hydrogens (tertiary/aromatic N) is 3. The second-order valence-electron chi connectivity index (χ2n) is 7.93. The Kier molecular flexibility index (Phi) is 7.45. The van der Waals surface area contributed by atoms with Gasteiger partial charge in [-0.15, -0.1) is 0 Å². The number of benzene rings is 1. The molecule has 1 aromatic carbocycles. The third-order valence-electron chi connectivity index (χ3n) is 6.02. The number of hydrogen-bond acceptors (Lipinski definition) is 4. The van der Waals surface area contributed by atoms with Crippen LogP contribution in [0.3, 0.4) is 0 Å². The van der Waals surface area contributed by atoms with Crippen LogP contribution in [0.15, 0.2) is 24.3 Å². The first kappa shape index (κ1) is 20.8. The van der Waals surface area contributed by atoms with Crippen molar-refractivity contribution >= 4 is 17.5 Å². The number of nitrogens with one attached hydrogen (secondary N) is 1. The van der Waals surface area contributed by atoms with Crippen molar-refractivity contribution in [3.05, 3.63) is 29.8 Å². The smallest absolute Gasteiger partial charge is 0.239 e. The lowest BCUT2D eigenvalue weighted by Gasteiger charge is -2.39. The van der Waals surface area contributed by atoms with Gasteiger partial charge in [0.05, 0.1) is 12.6 Å². The van der Waals surface area contributed by atoms with Gasteiger partial charge in [-0.1, -0.05) is 25.1 Å². The Morgan fingerprint density at radius 3 is 2.36 bits per heavy atom. The number of amides is 2. The third-order valence-corrected chi connectivity index (χ3v) is 6.02. The zero-order valence-electron chi connectivity index (χ0n) is 17.3. The minimum Gasteiger partial charge on any atom is -0.341 e. The van der Waals surface area contributed by atoms with E-state index in [4.69, 9.17) is 0 Å². The van der Waals surface area contributed by atoms with Crippen LogP contribution in [0.4, 0.5) is 5.69 Å². The van der Waals surface area contributed by atoms with E-state index in [9.17, 15) is 9.59 Å². The number of piperazine rings is 1. The molecule has 0 spiro atoms. The van der Waals surface area contributed by atoms with Crippen LogP contribution in [-0.2, 0) is 16.0 Å². The Balaban J connectivity index is 1.44. The molecule has 28 heavy (non-hydrogen) atoms.